The molecule has 0 bridgehead atoms. The summed E-state index contributed by atoms with van der Waals surface area (Å²) in [6.07, 6.45) is 0.00866. The van der Waals surface area contributed by atoms with Gasteiger partial charge in [-0.3, -0.25) is 14.4 Å². The molecule has 7 nitrogen and oxygen atoms in total. The van der Waals surface area contributed by atoms with Gasteiger partial charge in [-0.1, -0.05) is 35.9 Å². The van der Waals surface area contributed by atoms with E-state index in [0.29, 0.717) is 31.7 Å². The lowest BCUT2D eigenvalue weighted by Gasteiger charge is -2.39. The van der Waals surface area contributed by atoms with E-state index < -0.39 is 6.04 Å². The second kappa shape index (κ2) is 9.20. The van der Waals surface area contributed by atoms with Crippen LogP contribution < -0.4 is 10.2 Å². The summed E-state index contributed by atoms with van der Waals surface area (Å²) in [7, 11) is 0. The summed E-state index contributed by atoms with van der Waals surface area (Å²) >= 11 is 0. The Morgan fingerprint density at radius 1 is 0.968 bits per heavy atom. The second-order valence-electron chi connectivity index (χ2n) is 8.08. The third-order valence-corrected chi connectivity index (χ3v) is 5.98. The molecular formula is C24H28N4O3. The van der Waals surface area contributed by atoms with Crippen molar-refractivity contribution in [3.63, 3.8) is 0 Å². The zero-order valence-corrected chi connectivity index (χ0v) is 17.8. The SMILES string of the molecule is Cc1cccc(C(=O)N2CCNC(=O)[C@H]2CC(=O)N2CCN(c3ccccc3)CC2)c1. The summed E-state index contributed by atoms with van der Waals surface area (Å²) in [6, 6.07) is 16.7. The predicted octanol–water partition coefficient (Wildman–Crippen LogP) is 1.67. The molecule has 0 spiro atoms. The van der Waals surface area contributed by atoms with Crippen LogP contribution >= 0.6 is 0 Å². The van der Waals surface area contributed by atoms with Gasteiger partial charge in [-0.05, 0) is 31.2 Å². The van der Waals surface area contributed by atoms with E-state index in [4.69, 9.17) is 0 Å². The standard InChI is InChI=1S/C24H28N4O3/c1-18-6-5-7-19(16-18)24(31)28-11-10-25-23(30)21(28)17-22(29)27-14-12-26(13-15-27)20-8-3-2-4-9-20/h2-9,16,21H,10-15,17H2,1H3,(H,25,30)/t21-/m1/s1. The van der Waals surface area contributed by atoms with E-state index >= 15 is 0 Å². The number of carbonyl (C=O) groups is 3. The minimum atomic E-state index is -0.776. The molecule has 2 aliphatic heterocycles. The molecule has 1 N–H and O–H groups in total. The highest BCUT2D eigenvalue weighted by Crippen LogP contribution is 2.19. The van der Waals surface area contributed by atoms with E-state index in [1.54, 1.807) is 15.9 Å². The minimum absolute atomic E-state index is 0.00866. The van der Waals surface area contributed by atoms with Crippen LogP contribution in [0.5, 0.6) is 0 Å². The molecule has 31 heavy (non-hydrogen) atoms. The number of carbonyl (C=O) groups excluding carboxylic acids is 3. The molecular weight excluding hydrogens is 392 g/mol. The zero-order chi connectivity index (χ0) is 21.8. The lowest BCUT2D eigenvalue weighted by Crippen LogP contribution is -2.59. The van der Waals surface area contributed by atoms with Gasteiger partial charge in [0.1, 0.15) is 6.04 Å². The maximum Gasteiger partial charge on any atom is 0.254 e. The van der Waals surface area contributed by atoms with E-state index in [2.05, 4.69) is 22.3 Å². The molecule has 2 fully saturated rings. The molecule has 2 aromatic rings. The van der Waals surface area contributed by atoms with E-state index in [1.807, 2.05) is 43.3 Å². The van der Waals surface area contributed by atoms with Crippen LogP contribution in [-0.4, -0.2) is 72.8 Å². The van der Waals surface area contributed by atoms with Crippen molar-refractivity contribution in [2.45, 2.75) is 19.4 Å². The van der Waals surface area contributed by atoms with Gasteiger partial charge in [-0.2, -0.15) is 0 Å². The third-order valence-electron chi connectivity index (χ3n) is 5.98. The fourth-order valence-electron chi connectivity index (χ4n) is 4.25. The Morgan fingerprint density at radius 3 is 2.42 bits per heavy atom. The van der Waals surface area contributed by atoms with Gasteiger partial charge in [0.05, 0.1) is 6.42 Å². The van der Waals surface area contributed by atoms with Crippen LogP contribution in [0, 0.1) is 6.92 Å². The van der Waals surface area contributed by atoms with Gasteiger partial charge in [0.15, 0.2) is 0 Å². The summed E-state index contributed by atoms with van der Waals surface area (Å²) < 4.78 is 0. The molecule has 0 saturated carbocycles. The number of nitrogens with one attached hydrogen (secondary N) is 1. The first-order chi connectivity index (χ1) is 15.0. The maximum absolute atomic E-state index is 13.1. The summed E-state index contributed by atoms with van der Waals surface area (Å²) in [6.45, 7) is 5.43. The van der Waals surface area contributed by atoms with Crippen molar-refractivity contribution in [2.75, 3.05) is 44.2 Å². The first-order valence-corrected chi connectivity index (χ1v) is 10.8. The fraction of sp³-hybridized carbons (Fsp3) is 0.375. The molecule has 2 aliphatic rings. The molecule has 0 aliphatic carbocycles. The molecule has 0 aromatic heterocycles. The Hall–Kier alpha value is -3.35. The molecule has 2 heterocycles. The van der Waals surface area contributed by atoms with E-state index in [9.17, 15) is 14.4 Å². The Bertz CT molecular complexity index is 954. The normalized spacial score (nSPS) is 19.2. The number of hydrogen-bond donors (Lipinski definition) is 1. The predicted molar refractivity (Wildman–Crippen MR) is 119 cm³/mol. The van der Waals surface area contributed by atoms with E-state index in [1.165, 1.54) is 0 Å². The molecule has 162 valence electrons. The molecule has 4 rings (SSSR count). The number of para-hydroxylation sites is 1. The monoisotopic (exact) mass is 420 g/mol. The van der Waals surface area contributed by atoms with Crippen LogP contribution in [-0.2, 0) is 9.59 Å². The van der Waals surface area contributed by atoms with Gasteiger partial charge < -0.3 is 20.0 Å². The zero-order valence-electron chi connectivity index (χ0n) is 17.8. The Kier molecular flexibility index (Phi) is 6.21. The Balaban J connectivity index is 1.41. The number of rotatable bonds is 4. The summed E-state index contributed by atoms with van der Waals surface area (Å²) in [5.41, 5.74) is 2.68. The summed E-state index contributed by atoms with van der Waals surface area (Å²) in [5, 5.41) is 2.80. The molecule has 7 heteroatoms. The van der Waals surface area contributed by atoms with Crippen molar-refractivity contribution in [1.29, 1.82) is 0 Å². The molecule has 1 atom stereocenters. The quantitative estimate of drug-likeness (QED) is 0.817. The maximum atomic E-state index is 13.1. The van der Waals surface area contributed by atoms with Crippen LogP contribution in [0.25, 0.3) is 0 Å². The fourth-order valence-corrected chi connectivity index (χ4v) is 4.25. The van der Waals surface area contributed by atoms with Crippen LogP contribution in [0.15, 0.2) is 54.6 Å². The third kappa shape index (κ3) is 4.71. The van der Waals surface area contributed by atoms with Crippen molar-refractivity contribution in [1.82, 2.24) is 15.1 Å². The first-order valence-electron chi connectivity index (χ1n) is 10.8. The van der Waals surface area contributed by atoms with Crippen LogP contribution in [0.2, 0.25) is 0 Å². The largest absolute Gasteiger partial charge is 0.368 e. The Morgan fingerprint density at radius 2 is 1.71 bits per heavy atom. The van der Waals surface area contributed by atoms with Gasteiger partial charge >= 0.3 is 0 Å². The Labute approximate surface area is 182 Å². The van der Waals surface area contributed by atoms with Crippen molar-refractivity contribution in [3.8, 4) is 0 Å². The van der Waals surface area contributed by atoms with Gasteiger partial charge in [0.25, 0.3) is 5.91 Å². The first kappa shape index (κ1) is 20.9. The highest BCUT2D eigenvalue weighted by molar-refractivity contribution is 5.99. The van der Waals surface area contributed by atoms with Crippen molar-refractivity contribution >= 4 is 23.4 Å². The smallest absolute Gasteiger partial charge is 0.254 e. The summed E-state index contributed by atoms with van der Waals surface area (Å²) in [4.78, 5) is 44.3. The van der Waals surface area contributed by atoms with Crippen molar-refractivity contribution < 1.29 is 14.4 Å². The highest BCUT2D eigenvalue weighted by Gasteiger charge is 2.36. The highest BCUT2D eigenvalue weighted by atomic mass is 16.2. The molecule has 2 aromatic carbocycles. The number of aryl methyl sites for hydroxylation is 1. The molecule has 0 radical (unpaired) electrons. The minimum Gasteiger partial charge on any atom is -0.368 e. The van der Waals surface area contributed by atoms with Crippen LogP contribution in [0.4, 0.5) is 5.69 Å². The number of nitrogens with zero attached hydrogens (tertiary/aromatic N) is 3. The number of hydrogen-bond acceptors (Lipinski definition) is 4. The number of piperazine rings is 2. The lowest BCUT2D eigenvalue weighted by molar-refractivity contribution is -0.138. The van der Waals surface area contributed by atoms with Crippen molar-refractivity contribution in [3.05, 3.63) is 65.7 Å². The van der Waals surface area contributed by atoms with E-state index in [-0.39, 0.29) is 24.1 Å². The van der Waals surface area contributed by atoms with Crippen molar-refractivity contribution in [2.24, 2.45) is 0 Å². The number of anilines is 1. The number of benzene rings is 2. The second-order valence-corrected chi connectivity index (χ2v) is 8.08. The van der Waals surface area contributed by atoms with Crippen LogP contribution in [0.3, 0.4) is 0 Å². The molecule has 3 amide bonds. The van der Waals surface area contributed by atoms with Gasteiger partial charge in [0.2, 0.25) is 11.8 Å². The number of amides is 3. The molecule has 0 unspecified atom stereocenters. The lowest BCUT2D eigenvalue weighted by atomic mass is 10.0. The average Bonchev–Trinajstić information content (AvgIpc) is 2.80. The van der Waals surface area contributed by atoms with Gasteiger partial charge in [-0.25, -0.2) is 0 Å². The van der Waals surface area contributed by atoms with Crippen LogP contribution in [0.1, 0.15) is 22.3 Å². The average molecular weight is 421 g/mol. The summed E-state index contributed by atoms with van der Waals surface area (Å²) in [5.74, 6) is -0.550. The van der Waals surface area contributed by atoms with Gasteiger partial charge in [0, 0.05) is 50.5 Å². The van der Waals surface area contributed by atoms with Gasteiger partial charge in [-0.15, -0.1) is 0 Å². The molecule has 2 saturated heterocycles. The van der Waals surface area contributed by atoms with E-state index in [0.717, 1.165) is 24.3 Å². The topological polar surface area (TPSA) is 73.0 Å².